The third-order valence-electron chi connectivity index (χ3n) is 3.89. The number of hydrogen-bond acceptors (Lipinski definition) is 6. The van der Waals surface area contributed by atoms with E-state index in [1.54, 1.807) is 19.1 Å². The molecule has 1 saturated heterocycles. The first-order valence-corrected chi connectivity index (χ1v) is 8.75. The maximum atomic E-state index is 11.9. The summed E-state index contributed by atoms with van der Waals surface area (Å²) in [6.07, 6.45) is 0. The monoisotopic (exact) mass is 348 g/mol. The Kier molecular flexibility index (Phi) is 6.42. The van der Waals surface area contributed by atoms with Crippen molar-refractivity contribution in [3.63, 3.8) is 0 Å². The van der Waals surface area contributed by atoms with Gasteiger partial charge in [-0.1, -0.05) is 0 Å². The summed E-state index contributed by atoms with van der Waals surface area (Å²) in [7, 11) is 0. The third-order valence-corrected chi connectivity index (χ3v) is 3.89. The zero-order valence-electron chi connectivity index (χ0n) is 15.6. The molecular weight excluding hydrogens is 320 g/mol. The van der Waals surface area contributed by atoms with Crippen LogP contribution in [-0.4, -0.2) is 61.8 Å². The van der Waals surface area contributed by atoms with E-state index in [0.717, 1.165) is 31.9 Å². The second-order valence-electron chi connectivity index (χ2n) is 7.12. The number of esters is 2. The molecule has 138 valence electrons. The zero-order valence-corrected chi connectivity index (χ0v) is 15.6. The van der Waals surface area contributed by atoms with Crippen molar-refractivity contribution in [3.05, 3.63) is 29.8 Å². The van der Waals surface area contributed by atoms with Crippen LogP contribution in [0.1, 0.15) is 38.1 Å². The largest absolute Gasteiger partial charge is 0.462 e. The van der Waals surface area contributed by atoms with Crippen LogP contribution in [0.15, 0.2) is 24.3 Å². The Bertz CT molecular complexity index is 584. The summed E-state index contributed by atoms with van der Waals surface area (Å²) in [5, 5.41) is 0. The van der Waals surface area contributed by atoms with E-state index in [-0.39, 0.29) is 11.9 Å². The zero-order chi connectivity index (χ0) is 18.4. The number of benzene rings is 1. The van der Waals surface area contributed by atoms with Crippen molar-refractivity contribution in [1.82, 2.24) is 4.90 Å². The number of carbonyl (C=O) groups excluding carboxylic acids is 2. The van der Waals surface area contributed by atoms with E-state index < -0.39 is 5.60 Å². The lowest BCUT2D eigenvalue weighted by Gasteiger charge is -2.36. The molecule has 1 aliphatic heterocycles. The van der Waals surface area contributed by atoms with Crippen LogP contribution in [0.25, 0.3) is 0 Å². The highest BCUT2D eigenvalue weighted by molar-refractivity contribution is 5.89. The number of piperazine rings is 1. The van der Waals surface area contributed by atoms with Crippen molar-refractivity contribution in [2.45, 2.75) is 33.3 Å². The van der Waals surface area contributed by atoms with Crippen molar-refractivity contribution >= 4 is 17.6 Å². The quantitative estimate of drug-likeness (QED) is 0.761. The van der Waals surface area contributed by atoms with Crippen LogP contribution in [0.3, 0.4) is 0 Å². The molecule has 6 nitrogen and oxygen atoms in total. The predicted octanol–water partition coefficient (Wildman–Crippen LogP) is 2.33. The fourth-order valence-electron chi connectivity index (χ4n) is 2.74. The Morgan fingerprint density at radius 3 is 2.16 bits per heavy atom. The highest BCUT2D eigenvalue weighted by Crippen LogP contribution is 2.18. The summed E-state index contributed by atoms with van der Waals surface area (Å²) < 4.78 is 10.4. The second kappa shape index (κ2) is 8.34. The van der Waals surface area contributed by atoms with Gasteiger partial charge in [-0.15, -0.1) is 0 Å². The molecule has 0 radical (unpaired) electrons. The van der Waals surface area contributed by atoms with Crippen molar-refractivity contribution < 1.29 is 19.1 Å². The van der Waals surface area contributed by atoms with Gasteiger partial charge in [0.05, 0.1) is 18.7 Å². The summed E-state index contributed by atoms with van der Waals surface area (Å²) in [5.41, 5.74) is 1.19. The van der Waals surface area contributed by atoms with E-state index in [2.05, 4.69) is 9.80 Å². The van der Waals surface area contributed by atoms with Gasteiger partial charge in [-0.2, -0.15) is 0 Å². The first kappa shape index (κ1) is 19.2. The standard InChI is InChI=1S/C19H28N2O4/c1-5-24-18(23)15-6-8-16(9-7-15)21-12-10-20(11-13-21)14-17(22)25-19(2,3)4/h6-9H,5,10-14H2,1-4H3. The molecule has 0 bridgehead atoms. The van der Waals surface area contributed by atoms with Crippen LogP contribution < -0.4 is 4.90 Å². The summed E-state index contributed by atoms with van der Waals surface area (Å²) in [5.74, 6) is -0.476. The van der Waals surface area contributed by atoms with E-state index in [0.29, 0.717) is 18.7 Å². The minimum absolute atomic E-state index is 0.181. The van der Waals surface area contributed by atoms with Crippen LogP contribution in [0.4, 0.5) is 5.69 Å². The summed E-state index contributed by atoms with van der Waals surface area (Å²) in [6.45, 7) is 11.4. The van der Waals surface area contributed by atoms with Gasteiger partial charge in [0.25, 0.3) is 0 Å². The molecule has 6 heteroatoms. The molecule has 2 rings (SSSR count). The normalized spacial score (nSPS) is 15.8. The van der Waals surface area contributed by atoms with E-state index in [1.807, 2.05) is 32.9 Å². The number of rotatable bonds is 5. The number of anilines is 1. The van der Waals surface area contributed by atoms with Gasteiger partial charge in [-0.25, -0.2) is 4.79 Å². The van der Waals surface area contributed by atoms with Crippen molar-refractivity contribution in [3.8, 4) is 0 Å². The van der Waals surface area contributed by atoms with Crippen LogP contribution in [0, 0.1) is 0 Å². The lowest BCUT2D eigenvalue weighted by Crippen LogP contribution is -2.48. The maximum Gasteiger partial charge on any atom is 0.338 e. The number of hydrogen-bond donors (Lipinski definition) is 0. The minimum Gasteiger partial charge on any atom is -0.462 e. The average molecular weight is 348 g/mol. The topological polar surface area (TPSA) is 59.1 Å². The Morgan fingerprint density at radius 2 is 1.64 bits per heavy atom. The molecular formula is C19H28N2O4. The van der Waals surface area contributed by atoms with E-state index in [4.69, 9.17) is 9.47 Å². The SMILES string of the molecule is CCOC(=O)c1ccc(N2CCN(CC(=O)OC(C)(C)C)CC2)cc1. The molecule has 0 saturated carbocycles. The molecule has 0 atom stereocenters. The molecule has 0 spiro atoms. The fourth-order valence-corrected chi connectivity index (χ4v) is 2.74. The molecule has 0 unspecified atom stereocenters. The third kappa shape index (κ3) is 6.05. The first-order valence-electron chi connectivity index (χ1n) is 8.75. The Hall–Kier alpha value is -2.08. The van der Waals surface area contributed by atoms with Gasteiger partial charge >= 0.3 is 11.9 Å². The van der Waals surface area contributed by atoms with E-state index >= 15 is 0 Å². The van der Waals surface area contributed by atoms with E-state index in [1.165, 1.54) is 0 Å². The van der Waals surface area contributed by atoms with Crippen LogP contribution in [-0.2, 0) is 14.3 Å². The molecule has 1 heterocycles. The summed E-state index contributed by atoms with van der Waals surface area (Å²) in [6, 6.07) is 7.46. The number of carbonyl (C=O) groups is 2. The number of ether oxygens (including phenoxy) is 2. The molecule has 0 aliphatic carbocycles. The maximum absolute atomic E-state index is 11.9. The van der Waals surface area contributed by atoms with Crippen LogP contribution in [0.5, 0.6) is 0 Å². The summed E-state index contributed by atoms with van der Waals surface area (Å²) in [4.78, 5) is 28.0. The Balaban J connectivity index is 1.83. The van der Waals surface area contributed by atoms with E-state index in [9.17, 15) is 9.59 Å². The van der Waals surface area contributed by atoms with Gasteiger partial charge in [-0.3, -0.25) is 9.69 Å². The van der Waals surface area contributed by atoms with Crippen molar-refractivity contribution in [1.29, 1.82) is 0 Å². The highest BCUT2D eigenvalue weighted by Gasteiger charge is 2.22. The van der Waals surface area contributed by atoms with Crippen molar-refractivity contribution in [2.24, 2.45) is 0 Å². The molecule has 0 N–H and O–H groups in total. The van der Waals surface area contributed by atoms with Gasteiger partial charge in [0.1, 0.15) is 5.60 Å². The predicted molar refractivity (Wildman–Crippen MR) is 96.9 cm³/mol. The highest BCUT2D eigenvalue weighted by atomic mass is 16.6. The first-order chi connectivity index (χ1) is 11.8. The van der Waals surface area contributed by atoms with Gasteiger partial charge in [-0.05, 0) is 52.0 Å². The minimum atomic E-state index is -0.445. The molecule has 1 aromatic rings. The average Bonchev–Trinajstić information content (AvgIpc) is 2.54. The Labute approximate surface area is 149 Å². The lowest BCUT2D eigenvalue weighted by atomic mass is 10.2. The summed E-state index contributed by atoms with van der Waals surface area (Å²) >= 11 is 0. The van der Waals surface area contributed by atoms with Gasteiger partial charge in [0.15, 0.2) is 0 Å². The molecule has 0 aromatic heterocycles. The molecule has 1 fully saturated rings. The fraction of sp³-hybridized carbons (Fsp3) is 0.579. The van der Waals surface area contributed by atoms with Crippen molar-refractivity contribution in [2.75, 3.05) is 44.2 Å². The van der Waals surface area contributed by atoms with Gasteiger partial charge < -0.3 is 14.4 Å². The van der Waals surface area contributed by atoms with Gasteiger partial charge in [0, 0.05) is 31.9 Å². The van der Waals surface area contributed by atoms with Crippen LogP contribution in [0.2, 0.25) is 0 Å². The molecule has 1 aliphatic rings. The number of nitrogens with zero attached hydrogens (tertiary/aromatic N) is 2. The lowest BCUT2D eigenvalue weighted by molar-refractivity contribution is -0.156. The second-order valence-corrected chi connectivity index (χ2v) is 7.12. The molecule has 0 amide bonds. The molecule has 25 heavy (non-hydrogen) atoms. The molecule has 1 aromatic carbocycles. The van der Waals surface area contributed by atoms with Crippen LogP contribution >= 0.6 is 0 Å². The van der Waals surface area contributed by atoms with Gasteiger partial charge in [0.2, 0.25) is 0 Å². The Morgan fingerprint density at radius 1 is 1.04 bits per heavy atom. The smallest absolute Gasteiger partial charge is 0.338 e.